The number of hydrogen-bond acceptors (Lipinski definition) is 2. The molecule has 0 unspecified atom stereocenters. The van der Waals surface area contributed by atoms with Gasteiger partial charge in [0.15, 0.2) is 0 Å². The normalized spacial score (nSPS) is 11.5. The molecule has 0 aliphatic heterocycles. The lowest BCUT2D eigenvalue weighted by Crippen LogP contribution is -2.12. The Bertz CT molecular complexity index is 3550. The number of para-hydroxylation sites is 3. The molecule has 2 aromatic heterocycles. The van der Waals surface area contributed by atoms with Crippen molar-refractivity contribution in [2.24, 2.45) is 0 Å². The first-order valence-corrected chi connectivity index (χ1v) is 21.5. The Morgan fingerprint density at radius 2 is 0.889 bits per heavy atom. The van der Waals surface area contributed by atoms with E-state index in [4.69, 9.17) is 4.42 Å². The fourth-order valence-electron chi connectivity index (χ4n) is 9.53. The zero-order valence-corrected chi connectivity index (χ0v) is 34.4. The Labute approximate surface area is 366 Å². The second-order valence-corrected chi connectivity index (χ2v) is 16.1. The number of furan rings is 1. The predicted octanol–water partition coefficient (Wildman–Crippen LogP) is 16.8. The van der Waals surface area contributed by atoms with Gasteiger partial charge in [0.25, 0.3) is 0 Å². The Hall–Kier alpha value is -8.40. The number of aromatic nitrogens is 1. The summed E-state index contributed by atoms with van der Waals surface area (Å²) >= 11 is 0. The number of nitrogens with zero attached hydrogens (tertiary/aromatic N) is 2. The van der Waals surface area contributed by atoms with E-state index in [0.29, 0.717) is 0 Å². The molecule has 0 saturated carbocycles. The molecule has 12 rings (SSSR count). The first-order chi connectivity index (χ1) is 31.3. The van der Waals surface area contributed by atoms with Crippen molar-refractivity contribution in [1.29, 1.82) is 0 Å². The lowest BCUT2D eigenvalue weighted by molar-refractivity contribution is 0.669. The van der Waals surface area contributed by atoms with Crippen LogP contribution in [-0.4, -0.2) is 4.57 Å². The molecule has 63 heavy (non-hydrogen) atoms. The highest BCUT2D eigenvalue weighted by Crippen LogP contribution is 2.50. The number of fused-ring (bicyclic) bond motifs is 6. The van der Waals surface area contributed by atoms with Gasteiger partial charge < -0.3 is 13.9 Å². The van der Waals surface area contributed by atoms with E-state index in [1.807, 2.05) is 0 Å². The molecule has 0 spiro atoms. The monoisotopic (exact) mass is 804 g/mol. The molecule has 0 amide bonds. The maximum absolute atomic E-state index is 6.69. The minimum Gasteiger partial charge on any atom is -0.456 e. The maximum Gasteiger partial charge on any atom is 0.136 e. The quantitative estimate of drug-likeness (QED) is 0.153. The van der Waals surface area contributed by atoms with E-state index < -0.39 is 0 Å². The summed E-state index contributed by atoms with van der Waals surface area (Å²) in [7, 11) is 0. The minimum atomic E-state index is 0.847. The highest BCUT2D eigenvalue weighted by atomic mass is 16.3. The molecule has 3 nitrogen and oxygen atoms in total. The van der Waals surface area contributed by atoms with E-state index in [9.17, 15) is 0 Å². The van der Waals surface area contributed by atoms with E-state index in [2.05, 4.69) is 252 Å². The van der Waals surface area contributed by atoms with Crippen molar-refractivity contribution < 1.29 is 4.42 Å². The summed E-state index contributed by atoms with van der Waals surface area (Å²) in [5.74, 6) is 0. The summed E-state index contributed by atoms with van der Waals surface area (Å²) in [6.45, 7) is 0. The van der Waals surface area contributed by atoms with Gasteiger partial charge in [-0.3, -0.25) is 0 Å². The van der Waals surface area contributed by atoms with Crippen LogP contribution in [0, 0.1) is 0 Å². The summed E-state index contributed by atoms with van der Waals surface area (Å²) in [5, 5.41) is 4.63. The molecular formula is C60H40N2O. The SMILES string of the molecule is c1ccc(-c2ccc(N(c3cccc(-n4c5ccccc5c5ccccc54)c3)c3ccc4oc5ccccc5c4c3-c3ccc(-c4ccccc4)cc3-c3ccccc3)cc2)cc1. The van der Waals surface area contributed by atoms with Crippen LogP contribution in [0.5, 0.6) is 0 Å². The summed E-state index contributed by atoms with van der Waals surface area (Å²) in [5.41, 5.74) is 17.5. The van der Waals surface area contributed by atoms with Crippen LogP contribution in [0.1, 0.15) is 0 Å². The maximum atomic E-state index is 6.69. The largest absolute Gasteiger partial charge is 0.456 e. The topological polar surface area (TPSA) is 21.3 Å². The van der Waals surface area contributed by atoms with E-state index >= 15 is 0 Å². The number of rotatable bonds is 8. The number of hydrogen-bond donors (Lipinski definition) is 0. The second kappa shape index (κ2) is 15.3. The van der Waals surface area contributed by atoms with Crippen LogP contribution < -0.4 is 4.90 Å². The summed E-state index contributed by atoms with van der Waals surface area (Å²) in [4.78, 5) is 2.43. The van der Waals surface area contributed by atoms with Crippen LogP contribution in [-0.2, 0) is 0 Å². The van der Waals surface area contributed by atoms with Crippen molar-refractivity contribution in [3.63, 3.8) is 0 Å². The van der Waals surface area contributed by atoms with Crippen LogP contribution >= 0.6 is 0 Å². The van der Waals surface area contributed by atoms with Gasteiger partial charge in [0.1, 0.15) is 11.2 Å². The molecule has 0 atom stereocenters. The zero-order valence-electron chi connectivity index (χ0n) is 34.4. The molecule has 0 aliphatic carbocycles. The summed E-state index contributed by atoms with van der Waals surface area (Å²) < 4.78 is 9.09. The molecule has 3 heteroatoms. The first kappa shape index (κ1) is 36.5. The molecule has 0 aliphatic rings. The zero-order chi connectivity index (χ0) is 41.7. The molecule has 0 fully saturated rings. The number of benzene rings is 10. The van der Waals surface area contributed by atoms with Crippen LogP contribution in [0.4, 0.5) is 17.1 Å². The first-order valence-electron chi connectivity index (χ1n) is 21.5. The molecule has 10 aromatic carbocycles. The molecule has 2 heterocycles. The van der Waals surface area contributed by atoms with Crippen molar-refractivity contribution in [1.82, 2.24) is 4.57 Å². The van der Waals surface area contributed by atoms with Crippen molar-refractivity contribution in [3.8, 4) is 50.2 Å². The molecule has 296 valence electrons. The van der Waals surface area contributed by atoms with Crippen LogP contribution in [0.2, 0.25) is 0 Å². The molecule has 0 radical (unpaired) electrons. The van der Waals surface area contributed by atoms with Crippen LogP contribution in [0.25, 0.3) is 93.9 Å². The van der Waals surface area contributed by atoms with Crippen LogP contribution in [0.15, 0.2) is 247 Å². The van der Waals surface area contributed by atoms with Crippen molar-refractivity contribution in [3.05, 3.63) is 243 Å². The Kier molecular flexibility index (Phi) is 8.83. The van der Waals surface area contributed by atoms with Gasteiger partial charge >= 0.3 is 0 Å². The Morgan fingerprint density at radius 1 is 0.333 bits per heavy atom. The molecule has 0 saturated heterocycles. The van der Waals surface area contributed by atoms with Gasteiger partial charge in [-0.05, 0) is 106 Å². The van der Waals surface area contributed by atoms with Gasteiger partial charge in [0.2, 0.25) is 0 Å². The Morgan fingerprint density at radius 3 is 1.57 bits per heavy atom. The van der Waals surface area contributed by atoms with Crippen molar-refractivity contribution >= 4 is 60.8 Å². The molecule has 0 N–H and O–H groups in total. The fraction of sp³-hybridized carbons (Fsp3) is 0. The van der Waals surface area contributed by atoms with Crippen molar-refractivity contribution in [2.45, 2.75) is 0 Å². The third-order valence-electron chi connectivity index (χ3n) is 12.4. The van der Waals surface area contributed by atoms with Gasteiger partial charge in [0, 0.05) is 44.2 Å². The fourth-order valence-corrected chi connectivity index (χ4v) is 9.53. The van der Waals surface area contributed by atoms with Gasteiger partial charge in [0.05, 0.1) is 16.7 Å². The molecular weight excluding hydrogens is 765 g/mol. The van der Waals surface area contributed by atoms with E-state index in [1.54, 1.807) is 0 Å². The summed E-state index contributed by atoms with van der Waals surface area (Å²) in [6, 6.07) is 87.2. The Balaban J connectivity index is 1.16. The van der Waals surface area contributed by atoms with Crippen molar-refractivity contribution in [2.75, 3.05) is 4.90 Å². The summed E-state index contributed by atoms with van der Waals surface area (Å²) in [6.07, 6.45) is 0. The predicted molar refractivity (Wildman–Crippen MR) is 264 cm³/mol. The van der Waals surface area contributed by atoms with Gasteiger partial charge in [-0.2, -0.15) is 0 Å². The van der Waals surface area contributed by atoms with E-state index in [-0.39, 0.29) is 0 Å². The highest BCUT2D eigenvalue weighted by molar-refractivity contribution is 6.18. The lowest BCUT2D eigenvalue weighted by atomic mass is 9.88. The lowest BCUT2D eigenvalue weighted by Gasteiger charge is -2.29. The van der Waals surface area contributed by atoms with Crippen LogP contribution in [0.3, 0.4) is 0 Å². The molecule has 12 aromatic rings. The third kappa shape index (κ3) is 6.29. The minimum absolute atomic E-state index is 0.847. The van der Waals surface area contributed by atoms with Gasteiger partial charge in [-0.25, -0.2) is 0 Å². The number of anilines is 3. The van der Waals surface area contributed by atoms with Gasteiger partial charge in [-0.1, -0.05) is 176 Å². The average molecular weight is 805 g/mol. The molecule has 0 bridgehead atoms. The van der Waals surface area contributed by atoms with E-state index in [1.165, 1.54) is 32.9 Å². The smallest absolute Gasteiger partial charge is 0.136 e. The van der Waals surface area contributed by atoms with Gasteiger partial charge in [-0.15, -0.1) is 0 Å². The standard InChI is InChI=1S/C60H40N2O/c1-4-17-41(18-5-1)43-31-34-46(35-32-43)61(47-23-16-24-48(40-47)62-54-28-13-10-25-49(54)50-26-11-14-29-55(50)62)56-37-38-58-60(52-27-12-15-30-57(52)63-58)59(56)51-36-33-45(42-19-6-2-7-20-42)39-53(51)44-21-8-3-9-22-44/h1-40H. The highest BCUT2D eigenvalue weighted by Gasteiger charge is 2.25. The third-order valence-corrected chi connectivity index (χ3v) is 12.4. The van der Waals surface area contributed by atoms with E-state index in [0.717, 1.165) is 78.1 Å². The second-order valence-electron chi connectivity index (χ2n) is 16.1. The average Bonchev–Trinajstić information content (AvgIpc) is 3.91.